The van der Waals surface area contributed by atoms with Gasteiger partial charge in [0.1, 0.15) is 0 Å². The van der Waals surface area contributed by atoms with Crippen molar-refractivity contribution < 1.29 is 24.2 Å². The van der Waals surface area contributed by atoms with Gasteiger partial charge < -0.3 is 4.74 Å². The summed E-state index contributed by atoms with van der Waals surface area (Å²) in [6.45, 7) is 12.9. The van der Waals surface area contributed by atoms with Crippen molar-refractivity contribution >= 4 is 0 Å². The van der Waals surface area contributed by atoms with Gasteiger partial charge in [0.05, 0.1) is 12.7 Å². The van der Waals surface area contributed by atoms with Crippen LogP contribution in [0.3, 0.4) is 0 Å². The predicted octanol–water partition coefficient (Wildman–Crippen LogP) is 6.46. The minimum Gasteiger partial charge on any atom is -0.373 e. The first-order valence-corrected chi connectivity index (χ1v) is 9.60. The summed E-state index contributed by atoms with van der Waals surface area (Å²) in [5.74, 6) is 3.52. The molecule has 1 aliphatic rings. The van der Waals surface area contributed by atoms with Gasteiger partial charge in [-0.15, -0.1) is 0 Å². The smallest absolute Gasteiger partial charge is 0.0835 e. The Hall–Kier alpha value is 0.583. The average Bonchev–Trinajstić information content (AvgIpc) is 3.22. The fourth-order valence-corrected chi connectivity index (χ4v) is 3.34. The molecule has 4 unspecified atom stereocenters. The first-order chi connectivity index (χ1) is 9.99. The van der Waals surface area contributed by atoms with Crippen LogP contribution in [0.25, 0.3) is 0 Å². The molecule has 0 spiro atoms. The topological polar surface area (TPSA) is 12.5 Å². The fourth-order valence-electron chi connectivity index (χ4n) is 3.34. The van der Waals surface area contributed by atoms with Gasteiger partial charge in [-0.25, -0.2) is 0 Å². The monoisotopic (exact) mass is 360 g/mol. The zero-order chi connectivity index (χ0) is 15.7. The van der Waals surface area contributed by atoms with Crippen LogP contribution in [-0.4, -0.2) is 12.7 Å². The third kappa shape index (κ3) is 12.1. The molecule has 0 aliphatic carbocycles. The molecule has 0 aromatic carbocycles. The summed E-state index contributed by atoms with van der Waals surface area (Å²) in [5.41, 5.74) is 0. The van der Waals surface area contributed by atoms with Crippen LogP contribution in [0.2, 0.25) is 0 Å². The van der Waals surface area contributed by atoms with Crippen molar-refractivity contribution in [2.24, 2.45) is 23.7 Å². The summed E-state index contributed by atoms with van der Waals surface area (Å²) in [5, 5.41) is 0. The number of ether oxygens (including phenoxy) is 1. The molecular weight excluding hydrogens is 322 g/mol. The first kappa shape index (κ1) is 22.6. The maximum Gasteiger partial charge on any atom is 0.0835 e. The number of hydrogen-bond donors (Lipinski definition) is 0. The van der Waals surface area contributed by atoms with E-state index >= 15 is 0 Å². The molecule has 1 aliphatic heterocycles. The van der Waals surface area contributed by atoms with Gasteiger partial charge in [0.25, 0.3) is 0 Å². The summed E-state index contributed by atoms with van der Waals surface area (Å²) in [4.78, 5) is 0. The second-order valence-electron chi connectivity index (χ2n) is 8.25. The van der Waals surface area contributed by atoms with Gasteiger partial charge in [-0.1, -0.05) is 86.0 Å². The van der Waals surface area contributed by atoms with Crippen molar-refractivity contribution in [1.29, 1.82) is 0 Å². The van der Waals surface area contributed by atoms with E-state index in [0.717, 1.165) is 30.3 Å². The van der Waals surface area contributed by atoms with Crippen LogP contribution in [0.15, 0.2) is 0 Å². The van der Waals surface area contributed by atoms with Crippen molar-refractivity contribution in [2.45, 2.75) is 98.5 Å². The molecule has 0 bridgehead atoms. The standard InChI is InChI=1S/C20H40O.Zn/c1-16(2)9-6-10-17(3)11-7-12-18(4)13-8-14-19(5)20-15-21-20;/h16-20H,6-15H2,1-5H3;. The summed E-state index contributed by atoms with van der Waals surface area (Å²) < 4.78 is 5.37. The quantitative estimate of drug-likeness (QED) is 0.271. The molecule has 1 rings (SSSR count). The van der Waals surface area contributed by atoms with Crippen LogP contribution in [-0.2, 0) is 24.2 Å². The third-order valence-electron chi connectivity index (χ3n) is 5.22. The molecular formula is C20H40OZn. The SMILES string of the molecule is CC(C)CCCC(C)CCCC(C)CCCC(C)C1CO1.[Zn]. The van der Waals surface area contributed by atoms with Gasteiger partial charge in [-0.05, 0) is 30.1 Å². The van der Waals surface area contributed by atoms with E-state index in [4.69, 9.17) is 4.74 Å². The van der Waals surface area contributed by atoms with Crippen LogP contribution in [0, 0.1) is 23.7 Å². The van der Waals surface area contributed by atoms with E-state index in [9.17, 15) is 0 Å². The Kier molecular flexibility index (Phi) is 13.3. The van der Waals surface area contributed by atoms with Crippen LogP contribution in [0.5, 0.6) is 0 Å². The molecule has 0 radical (unpaired) electrons. The number of epoxide rings is 1. The van der Waals surface area contributed by atoms with E-state index in [1.54, 1.807) is 0 Å². The first-order valence-electron chi connectivity index (χ1n) is 9.60. The zero-order valence-electron chi connectivity index (χ0n) is 16.1. The summed E-state index contributed by atoms with van der Waals surface area (Å²) >= 11 is 0. The largest absolute Gasteiger partial charge is 0.373 e. The summed E-state index contributed by atoms with van der Waals surface area (Å²) in [7, 11) is 0. The molecule has 22 heavy (non-hydrogen) atoms. The van der Waals surface area contributed by atoms with Crippen molar-refractivity contribution in [1.82, 2.24) is 0 Å². The molecule has 1 saturated heterocycles. The van der Waals surface area contributed by atoms with Gasteiger partial charge in [0, 0.05) is 19.5 Å². The molecule has 0 aromatic heterocycles. The maximum absolute atomic E-state index is 5.37. The van der Waals surface area contributed by atoms with E-state index in [1.165, 1.54) is 57.8 Å². The van der Waals surface area contributed by atoms with Crippen molar-refractivity contribution in [3.8, 4) is 0 Å². The molecule has 0 saturated carbocycles. The van der Waals surface area contributed by atoms with E-state index in [1.807, 2.05) is 0 Å². The molecule has 128 valence electrons. The Balaban J connectivity index is 0.00000441. The van der Waals surface area contributed by atoms with E-state index < -0.39 is 0 Å². The van der Waals surface area contributed by atoms with E-state index in [-0.39, 0.29) is 19.5 Å². The van der Waals surface area contributed by atoms with Gasteiger partial charge in [-0.3, -0.25) is 0 Å². The third-order valence-corrected chi connectivity index (χ3v) is 5.22. The molecule has 0 N–H and O–H groups in total. The molecule has 2 heteroatoms. The van der Waals surface area contributed by atoms with Crippen LogP contribution < -0.4 is 0 Å². The maximum atomic E-state index is 5.37. The van der Waals surface area contributed by atoms with Crippen LogP contribution >= 0.6 is 0 Å². The van der Waals surface area contributed by atoms with Gasteiger partial charge in [0.2, 0.25) is 0 Å². The van der Waals surface area contributed by atoms with Crippen molar-refractivity contribution in [3.05, 3.63) is 0 Å². The van der Waals surface area contributed by atoms with Crippen molar-refractivity contribution in [3.63, 3.8) is 0 Å². The van der Waals surface area contributed by atoms with Crippen LogP contribution in [0.4, 0.5) is 0 Å². The van der Waals surface area contributed by atoms with Crippen molar-refractivity contribution in [2.75, 3.05) is 6.61 Å². The molecule has 1 nitrogen and oxygen atoms in total. The second kappa shape index (κ2) is 12.9. The van der Waals surface area contributed by atoms with Gasteiger partial charge in [0.15, 0.2) is 0 Å². The Morgan fingerprint density at radius 1 is 0.727 bits per heavy atom. The summed E-state index contributed by atoms with van der Waals surface area (Å²) in [6, 6.07) is 0. The number of rotatable bonds is 13. The minimum atomic E-state index is 0. The number of hydrogen-bond acceptors (Lipinski definition) is 1. The second-order valence-corrected chi connectivity index (χ2v) is 8.25. The van der Waals surface area contributed by atoms with E-state index in [0.29, 0.717) is 6.10 Å². The summed E-state index contributed by atoms with van der Waals surface area (Å²) in [6.07, 6.45) is 13.4. The predicted molar refractivity (Wildman–Crippen MR) is 93.6 cm³/mol. The Labute approximate surface area is 153 Å². The Morgan fingerprint density at radius 3 is 1.55 bits per heavy atom. The molecule has 1 heterocycles. The van der Waals surface area contributed by atoms with E-state index in [2.05, 4.69) is 34.6 Å². The fraction of sp³-hybridized carbons (Fsp3) is 1.00. The average molecular weight is 362 g/mol. The Bertz CT molecular complexity index is 250. The zero-order valence-corrected chi connectivity index (χ0v) is 19.0. The molecule has 1 fully saturated rings. The molecule has 4 atom stereocenters. The molecule has 0 amide bonds. The normalized spacial score (nSPS) is 21.3. The van der Waals surface area contributed by atoms with Crippen LogP contribution in [0.1, 0.15) is 92.4 Å². The Morgan fingerprint density at radius 2 is 1.14 bits per heavy atom. The van der Waals surface area contributed by atoms with Gasteiger partial charge in [-0.2, -0.15) is 0 Å². The minimum absolute atomic E-state index is 0. The molecule has 0 aromatic rings. The van der Waals surface area contributed by atoms with Gasteiger partial charge >= 0.3 is 0 Å².